The molecule has 1 aromatic heterocycles. The lowest BCUT2D eigenvalue weighted by Gasteiger charge is -2.37. The van der Waals surface area contributed by atoms with Crippen molar-refractivity contribution in [3.8, 4) is 0 Å². The van der Waals surface area contributed by atoms with Gasteiger partial charge >= 0.3 is 0 Å². The third-order valence-electron chi connectivity index (χ3n) is 6.06. The first-order chi connectivity index (χ1) is 15.4. The summed E-state index contributed by atoms with van der Waals surface area (Å²) in [6.45, 7) is 1.22. The topological polar surface area (TPSA) is 75.1 Å². The van der Waals surface area contributed by atoms with Crippen LogP contribution in [0.1, 0.15) is 44.8 Å². The average molecular weight is 433 g/mol. The highest BCUT2D eigenvalue weighted by Crippen LogP contribution is 2.50. The Morgan fingerprint density at radius 3 is 2.69 bits per heavy atom. The third-order valence-corrected chi connectivity index (χ3v) is 6.06. The molecule has 32 heavy (non-hydrogen) atoms. The molecule has 7 nitrogen and oxygen atoms in total. The Hall–Kier alpha value is -3.52. The van der Waals surface area contributed by atoms with E-state index in [0.29, 0.717) is 17.8 Å². The molecule has 0 fully saturated rings. The molecule has 2 unspecified atom stereocenters. The van der Waals surface area contributed by atoms with Crippen molar-refractivity contribution in [1.29, 1.82) is 0 Å². The Labute approximate surface area is 186 Å². The van der Waals surface area contributed by atoms with E-state index in [0.717, 1.165) is 29.1 Å². The summed E-state index contributed by atoms with van der Waals surface area (Å²) in [7, 11) is 5.94. The van der Waals surface area contributed by atoms with Crippen LogP contribution >= 0.6 is 0 Å². The number of nitrogens with zero attached hydrogens (tertiary/aromatic N) is 4. The van der Waals surface area contributed by atoms with Crippen molar-refractivity contribution >= 4 is 17.2 Å². The molecule has 2 N–H and O–H groups in total. The van der Waals surface area contributed by atoms with Crippen molar-refractivity contribution in [1.82, 2.24) is 25.0 Å². The van der Waals surface area contributed by atoms with E-state index in [2.05, 4.69) is 49.9 Å². The van der Waals surface area contributed by atoms with Crippen LogP contribution in [0.3, 0.4) is 0 Å². The Bertz CT molecular complexity index is 1210. The SMILES string of the molecule is CN(C)Cc1ccc(C2Nc3cc(F)cc4c3C(=CCNC4=O)C2c2ncnn2C)cc1. The third kappa shape index (κ3) is 3.46. The van der Waals surface area contributed by atoms with Gasteiger partial charge in [-0.2, -0.15) is 5.10 Å². The zero-order valence-corrected chi connectivity index (χ0v) is 18.3. The molecule has 3 heterocycles. The minimum atomic E-state index is -0.445. The van der Waals surface area contributed by atoms with Gasteiger partial charge in [0.25, 0.3) is 5.91 Å². The molecule has 0 saturated heterocycles. The number of carbonyl (C=O) groups excluding carboxylic acids is 1. The Balaban J connectivity index is 1.68. The van der Waals surface area contributed by atoms with Crippen LogP contribution in [0.2, 0.25) is 0 Å². The van der Waals surface area contributed by atoms with Crippen LogP contribution in [0.15, 0.2) is 48.8 Å². The first kappa shape index (κ1) is 20.4. The van der Waals surface area contributed by atoms with Gasteiger partial charge in [-0.05, 0) is 42.9 Å². The van der Waals surface area contributed by atoms with E-state index in [1.807, 2.05) is 27.2 Å². The molecule has 2 aliphatic rings. The summed E-state index contributed by atoms with van der Waals surface area (Å²) in [6, 6.07) is 11.0. The summed E-state index contributed by atoms with van der Waals surface area (Å²) in [5, 5.41) is 10.7. The Kier molecular flexibility index (Phi) is 5.01. The predicted molar refractivity (Wildman–Crippen MR) is 121 cm³/mol. The zero-order chi connectivity index (χ0) is 22.4. The highest BCUT2D eigenvalue weighted by molar-refractivity contribution is 6.04. The van der Waals surface area contributed by atoms with Crippen LogP contribution in [0.25, 0.3) is 5.57 Å². The van der Waals surface area contributed by atoms with Gasteiger partial charge in [-0.25, -0.2) is 9.37 Å². The second-order valence-corrected chi connectivity index (χ2v) is 8.57. The smallest absolute Gasteiger partial charge is 0.252 e. The molecule has 3 aromatic rings. The fraction of sp³-hybridized carbons (Fsp3) is 0.292. The van der Waals surface area contributed by atoms with Crippen molar-refractivity contribution < 1.29 is 9.18 Å². The maximum Gasteiger partial charge on any atom is 0.252 e. The van der Waals surface area contributed by atoms with Crippen LogP contribution in [0, 0.1) is 5.82 Å². The minimum absolute atomic E-state index is 0.201. The summed E-state index contributed by atoms with van der Waals surface area (Å²) in [5.41, 5.74) is 4.90. The number of hydrogen-bond donors (Lipinski definition) is 2. The van der Waals surface area contributed by atoms with E-state index in [-0.39, 0.29) is 17.9 Å². The molecular formula is C24H25FN6O. The number of amides is 1. The van der Waals surface area contributed by atoms with Gasteiger partial charge in [0.1, 0.15) is 18.0 Å². The molecule has 0 saturated carbocycles. The second-order valence-electron chi connectivity index (χ2n) is 8.57. The van der Waals surface area contributed by atoms with Crippen molar-refractivity contribution in [3.63, 3.8) is 0 Å². The van der Waals surface area contributed by atoms with Gasteiger partial charge in [0.05, 0.1) is 17.5 Å². The first-order valence-corrected chi connectivity index (χ1v) is 10.6. The van der Waals surface area contributed by atoms with E-state index in [4.69, 9.17) is 0 Å². The molecule has 8 heteroatoms. The van der Waals surface area contributed by atoms with Crippen LogP contribution in [0.5, 0.6) is 0 Å². The fourth-order valence-electron chi connectivity index (χ4n) is 4.72. The van der Waals surface area contributed by atoms with Gasteiger partial charge in [0, 0.05) is 31.4 Å². The summed E-state index contributed by atoms with van der Waals surface area (Å²) < 4.78 is 16.2. The van der Waals surface area contributed by atoms with Gasteiger partial charge in [-0.15, -0.1) is 0 Å². The molecule has 0 aliphatic carbocycles. The van der Waals surface area contributed by atoms with Crippen molar-refractivity contribution in [3.05, 3.63) is 82.7 Å². The molecule has 2 aromatic carbocycles. The molecule has 5 rings (SSSR count). The summed E-state index contributed by atoms with van der Waals surface area (Å²) in [4.78, 5) is 19.3. The van der Waals surface area contributed by atoms with Gasteiger partial charge < -0.3 is 15.5 Å². The number of halogens is 1. The van der Waals surface area contributed by atoms with Gasteiger partial charge in [0.15, 0.2) is 0 Å². The Morgan fingerprint density at radius 2 is 2.00 bits per heavy atom. The van der Waals surface area contributed by atoms with E-state index >= 15 is 0 Å². The maximum absolute atomic E-state index is 14.5. The number of anilines is 1. The normalized spacial score (nSPS) is 19.7. The quantitative estimate of drug-likeness (QED) is 0.663. The number of hydrogen-bond acceptors (Lipinski definition) is 5. The molecule has 0 bridgehead atoms. The summed E-state index contributed by atoms with van der Waals surface area (Å²) >= 11 is 0. The highest BCUT2D eigenvalue weighted by atomic mass is 19.1. The fourth-order valence-corrected chi connectivity index (χ4v) is 4.72. The predicted octanol–water partition coefficient (Wildman–Crippen LogP) is 3.09. The molecule has 164 valence electrons. The summed E-state index contributed by atoms with van der Waals surface area (Å²) in [6.07, 6.45) is 3.55. The number of nitrogens with one attached hydrogen (secondary N) is 2. The van der Waals surface area contributed by atoms with Crippen molar-refractivity contribution in [2.24, 2.45) is 7.05 Å². The molecule has 0 radical (unpaired) electrons. The van der Waals surface area contributed by atoms with Gasteiger partial charge in [0.2, 0.25) is 0 Å². The van der Waals surface area contributed by atoms with E-state index in [1.54, 1.807) is 4.68 Å². The maximum atomic E-state index is 14.5. The largest absolute Gasteiger partial charge is 0.377 e. The van der Waals surface area contributed by atoms with E-state index < -0.39 is 5.82 Å². The van der Waals surface area contributed by atoms with E-state index in [1.165, 1.54) is 24.0 Å². The van der Waals surface area contributed by atoms with Crippen LogP contribution in [-0.2, 0) is 13.6 Å². The molecule has 2 aliphatic heterocycles. The number of aromatic nitrogens is 3. The van der Waals surface area contributed by atoms with E-state index in [9.17, 15) is 9.18 Å². The zero-order valence-electron chi connectivity index (χ0n) is 18.3. The lowest BCUT2D eigenvalue weighted by molar-refractivity contribution is 0.0958. The van der Waals surface area contributed by atoms with Gasteiger partial charge in [-0.1, -0.05) is 30.3 Å². The minimum Gasteiger partial charge on any atom is -0.377 e. The average Bonchev–Trinajstić information content (AvgIpc) is 3.10. The van der Waals surface area contributed by atoms with Gasteiger partial charge in [-0.3, -0.25) is 9.48 Å². The second kappa shape index (κ2) is 7.87. The van der Waals surface area contributed by atoms with Crippen LogP contribution < -0.4 is 10.6 Å². The monoisotopic (exact) mass is 432 g/mol. The highest BCUT2D eigenvalue weighted by Gasteiger charge is 2.40. The van der Waals surface area contributed by atoms with Crippen LogP contribution in [0.4, 0.5) is 10.1 Å². The number of benzene rings is 2. The first-order valence-electron chi connectivity index (χ1n) is 10.6. The molecule has 0 spiro atoms. The van der Waals surface area contributed by atoms with Crippen molar-refractivity contribution in [2.75, 3.05) is 26.0 Å². The summed E-state index contributed by atoms with van der Waals surface area (Å²) in [5.74, 6) is -0.148. The van der Waals surface area contributed by atoms with Crippen LogP contribution in [-0.4, -0.2) is 46.2 Å². The molecular weight excluding hydrogens is 407 g/mol. The number of carbonyl (C=O) groups is 1. The number of rotatable bonds is 4. The van der Waals surface area contributed by atoms with Crippen molar-refractivity contribution in [2.45, 2.75) is 18.5 Å². The Morgan fingerprint density at radius 1 is 1.22 bits per heavy atom. The lowest BCUT2D eigenvalue weighted by Crippen LogP contribution is -2.29. The molecule has 2 atom stereocenters. The lowest BCUT2D eigenvalue weighted by atomic mass is 9.77. The standard InChI is InChI=1S/C24H25FN6O/c1-30(2)12-14-4-6-15(7-5-14)22-21(23-27-13-28-31(23)3)17-8-9-26-24(32)18-10-16(25)11-19(29-22)20(17)18/h4-8,10-11,13,21-22,29H,9,12H2,1-3H3,(H,26,32). The molecule has 1 amide bonds. The number of aryl methyl sites for hydroxylation is 1.